The quantitative estimate of drug-likeness (QED) is 0.856. The van der Waals surface area contributed by atoms with Crippen LogP contribution in [0.15, 0.2) is 36.5 Å². The van der Waals surface area contributed by atoms with Crippen LogP contribution in [0.25, 0.3) is 11.3 Å². The van der Waals surface area contributed by atoms with Gasteiger partial charge in [-0.25, -0.2) is 8.78 Å². The summed E-state index contributed by atoms with van der Waals surface area (Å²) in [5.74, 6) is -2.90. The van der Waals surface area contributed by atoms with E-state index in [0.29, 0.717) is 11.3 Å². The molecular weight excluding hydrogens is 224 g/mol. The summed E-state index contributed by atoms with van der Waals surface area (Å²) in [4.78, 5) is 0. The van der Waals surface area contributed by atoms with Gasteiger partial charge >= 0.3 is 0 Å². The number of hydrogen-bond acceptors (Lipinski definition) is 2. The second kappa shape index (κ2) is 4.63. The van der Waals surface area contributed by atoms with Crippen LogP contribution in [-0.4, -0.2) is 22.7 Å². The molecule has 0 radical (unpaired) electrons. The number of aromatic nitrogens is 2. The Kier molecular flexibility index (Phi) is 3.19. The van der Waals surface area contributed by atoms with Crippen molar-refractivity contribution in [2.24, 2.45) is 5.73 Å². The molecule has 3 nitrogen and oxygen atoms in total. The standard InChI is InChI=1S/C12H13F2N3/c13-12(14,8-15)6-10-7-16-17-11(10)9-4-2-1-3-5-9/h1-5,7H,6,8,15H2,(H,16,17). The number of benzene rings is 1. The topological polar surface area (TPSA) is 54.7 Å². The highest BCUT2D eigenvalue weighted by Gasteiger charge is 2.29. The first-order valence-corrected chi connectivity index (χ1v) is 5.28. The van der Waals surface area contributed by atoms with Gasteiger partial charge in [-0.05, 0) is 5.56 Å². The lowest BCUT2D eigenvalue weighted by atomic mass is 10.0. The fraction of sp³-hybridized carbons (Fsp3) is 0.250. The molecule has 0 bridgehead atoms. The number of H-pyrrole nitrogens is 1. The molecule has 1 aromatic heterocycles. The van der Waals surface area contributed by atoms with Gasteiger partial charge in [0.25, 0.3) is 5.92 Å². The summed E-state index contributed by atoms with van der Waals surface area (Å²) in [7, 11) is 0. The minimum atomic E-state index is -2.90. The Morgan fingerprint density at radius 3 is 2.59 bits per heavy atom. The average molecular weight is 237 g/mol. The second-order valence-corrected chi connectivity index (χ2v) is 3.87. The molecule has 0 saturated carbocycles. The molecule has 0 saturated heterocycles. The zero-order valence-electron chi connectivity index (χ0n) is 9.16. The van der Waals surface area contributed by atoms with E-state index in [-0.39, 0.29) is 0 Å². The predicted molar refractivity (Wildman–Crippen MR) is 61.7 cm³/mol. The van der Waals surface area contributed by atoms with Crippen molar-refractivity contribution in [3.8, 4) is 11.3 Å². The summed E-state index contributed by atoms with van der Waals surface area (Å²) in [5.41, 5.74) is 6.97. The molecule has 0 atom stereocenters. The zero-order chi connectivity index (χ0) is 12.3. The molecule has 0 aliphatic rings. The van der Waals surface area contributed by atoms with Gasteiger partial charge in [0.1, 0.15) is 0 Å². The molecule has 2 rings (SSSR count). The van der Waals surface area contributed by atoms with Crippen LogP contribution in [0.1, 0.15) is 5.56 Å². The summed E-state index contributed by atoms with van der Waals surface area (Å²) in [6.07, 6.45) is 1.02. The van der Waals surface area contributed by atoms with Gasteiger partial charge in [0.15, 0.2) is 0 Å². The number of halogens is 2. The van der Waals surface area contributed by atoms with E-state index in [1.165, 1.54) is 6.20 Å². The molecule has 0 unspecified atom stereocenters. The summed E-state index contributed by atoms with van der Waals surface area (Å²) in [6.45, 7) is -0.660. The zero-order valence-corrected chi connectivity index (χ0v) is 9.16. The SMILES string of the molecule is NCC(F)(F)Cc1cn[nH]c1-c1ccccc1. The normalized spacial score (nSPS) is 11.7. The highest BCUT2D eigenvalue weighted by molar-refractivity contribution is 5.62. The van der Waals surface area contributed by atoms with Crippen LogP contribution < -0.4 is 5.73 Å². The molecule has 1 aromatic carbocycles. The van der Waals surface area contributed by atoms with E-state index in [1.807, 2.05) is 30.3 Å². The second-order valence-electron chi connectivity index (χ2n) is 3.87. The van der Waals surface area contributed by atoms with Crippen LogP contribution in [0.4, 0.5) is 8.78 Å². The van der Waals surface area contributed by atoms with E-state index in [1.54, 1.807) is 0 Å². The Morgan fingerprint density at radius 1 is 1.24 bits per heavy atom. The molecule has 90 valence electrons. The van der Waals surface area contributed by atoms with Gasteiger partial charge in [-0.2, -0.15) is 5.10 Å². The molecule has 0 aliphatic heterocycles. The number of alkyl halides is 2. The van der Waals surface area contributed by atoms with Crippen molar-refractivity contribution in [3.05, 3.63) is 42.1 Å². The van der Waals surface area contributed by atoms with Crippen LogP contribution in [0.3, 0.4) is 0 Å². The van der Waals surface area contributed by atoms with Crippen LogP contribution in [0.2, 0.25) is 0 Å². The van der Waals surface area contributed by atoms with Crippen molar-refractivity contribution < 1.29 is 8.78 Å². The maximum atomic E-state index is 13.2. The number of nitrogens with two attached hydrogens (primary N) is 1. The van der Waals surface area contributed by atoms with Gasteiger partial charge in [0.2, 0.25) is 0 Å². The van der Waals surface area contributed by atoms with Crippen molar-refractivity contribution in [2.45, 2.75) is 12.3 Å². The van der Waals surface area contributed by atoms with E-state index in [9.17, 15) is 8.78 Å². The molecule has 3 N–H and O–H groups in total. The first-order chi connectivity index (χ1) is 8.12. The largest absolute Gasteiger partial charge is 0.325 e. The molecule has 5 heteroatoms. The molecular formula is C12H13F2N3. The van der Waals surface area contributed by atoms with Gasteiger partial charge in [0.05, 0.1) is 18.4 Å². The predicted octanol–water partition coefficient (Wildman–Crippen LogP) is 2.21. The van der Waals surface area contributed by atoms with Gasteiger partial charge < -0.3 is 5.73 Å². The Morgan fingerprint density at radius 2 is 1.94 bits per heavy atom. The van der Waals surface area contributed by atoms with Crippen LogP contribution >= 0.6 is 0 Å². The Balaban J connectivity index is 2.30. The minimum absolute atomic E-state index is 0.399. The maximum absolute atomic E-state index is 13.2. The summed E-state index contributed by atoms with van der Waals surface area (Å²) < 4.78 is 26.5. The number of nitrogens with one attached hydrogen (secondary N) is 1. The monoisotopic (exact) mass is 237 g/mol. The number of hydrogen-bond donors (Lipinski definition) is 2. The summed E-state index contributed by atoms with van der Waals surface area (Å²) >= 11 is 0. The van der Waals surface area contributed by atoms with Gasteiger partial charge in [0, 0.05) is 12.0 Å². The smallest absolute Gasteiger partial charge is 0.264 e. The lowest BCUT2D eigenvalue weighted by Crippen LogP contribution is -2.30. The van der Waals surface area contributed by atoms with Crippen LogP contribution in [0, 0.1) is 0 Å². The number of rotatable bonds is 4. The van der Waals surface area contributed by atoms with Gasteiger partial charge in [-0.15, -0.1) is 0 Å². The fourth-order valence-corrected chi connectivity index (χ4v) is 1.65. The van der Waals surface area contributed by atoms with Gasteiger partial charge in [-0.3, -0.25) is 5.10 Å². The fourth-order valence-electron chi connectivity index (χ4n) is 1.65. The maximum Gasteiger partial charge on any atom is 0.264 e. The Bertz CT molecular complexity index is 480. The first kappa shape index (κ1) is 11.7. The van der Waals surface area contributed by atoms with E-state index in [2.05, 4.69) is 10.2 Å². The van der Waals surface area contributed by atoms with E-state index in [4.69, 9.17) is 5.73 Å². The Hall–Kier alpha value is -1.75. The number of nitrogens with zero attached hydrogens (tertiary/aromatic N) is 1. The molecule has 0 fully saturated rings. The summed E-state index contributed by atoms with van der Waals surface area (Å²) in [5, 5.41) is 6.56. The molecule has 0 aliphatic carbocycles. The average Bonchev–Trinajstić information content (AvgIpc) is 2.77. The van der Waals surface area contributed by atoms with Gasteiger partial charge in [-0.1, -0.05) is 30.3 Å². The van der Waals surface area contributed by atoms with E-state index in [0.717, 1.165) is 5.56 Å². The van der Waals surface area contributed by atoms with Crippen LogP contribution in [-0.2, 0) is 6.42 Å². The third-order valence-electron chi connectivity index (χ3n) is 2.53. The molecule has 0 amide bonds. The van der Waals surface area contributed by atoms with Crippen LogP contribution in [0.5, 0.6) is 0 Å². The van der Waals surface area contributed by atoms with Crippen molar-refractivity contribution in [2.75, 3.05) is 6.54 Å². The number of aromatic amines is 1. The van der Waals surface area contributed by atoms with E-state index < -0.39 is 18.9 Å². The third kappa shape index (κ3) is 2.68. The van der Waals surface area contributed by atoms with Crippen molar-refractivity contribution >= 4 is 0 Å². The van der Waals surface area contributed by atoms with E-state index >= 15 is 0 Å². The lowest BCUT2D eigenvalue weighted by molar-refractivity contribution is 0.0116. The third-order valence-corrected chi connectivity index (χ3v) is 2.53. The summed E-state index contributed by atoms with van der Waals surface area (Å²) in [6, 6.07) is 9.26. The van der Waals surface area contributed by atoms with Crippen molar-refractivity contribution in [1.29, 1.82) is 0 Å². The Labute approximate surface area is 97.7 Å². The molecule has 2 aromatic rings. The lowest BCUT2D eigenvalue weighted by Gasteiger charge is -2.13. The molecule has 0 spiro atoms. The molecule has 1 heterocycles. The molecule has 17 heavy (non-hydrogen) atoms. The first-order valence-electron chi connectivity index (χ1n) is 5.28. The minimum Gasteiger partial charge on any atom is -0.325 e. The highest BCUT2D eigenvalue weighted by atomic mass is 19.3. The highest BCUT2D eigenvalue weighted by Crippen LogP contribution is 2.26. The van der Waals surface area contributed by atoms with Crippen molar-refractivity contribution in [1.82, 2.24) is 10.2 Å². The van der Waals surface area contributed by atoms with Crippen molar-refractivity contribution in [3.63, 3.8) is 0 Å².